The van der Waals surface area contributed by atoms with Crippen LogP contribution in [0.25, 0.3) is 0 Å². The fourth-order valence-corrected chi connectivity index (χ4v) is 1.14. The van der Waals surface area contributed by atoms with Crippen molar-refractivity contribution in [3.63, 3.8) is 0 Å². The number of nitrogens with one attached hydrogen (secondary N) is 1. The van der Waals surface area contributed by atoms with Crippen LogP contribution in [0, 0.1) is 5.92 Å². The number of aliphatic hydroxyl groups is 1. The highest BCUT2D eigenvalue weighted by molar-refractivity contribution is 5.72. The molecule has 0 aliphatic rings. The molecule has 0 aromatic rings. The molecule has 0 amide bonds. The number of aliphatic carboxylic acids is 1. The lowest BCUT2D eigenvalue weighted by molar-refractivity contribution is -0.139. The van der Waals surface area contributed by atoms with E-state index >= 15 is 0 Å². The van der Waals surface area contributed by atoms with Gasteiger partial charge in [0.05, 0.1) is 0 Å². The Hall–Kier alpha value is -0.610. The highest BCUT2D eigenvalue weighted by Gasteiger charge is 2.18. The summed E-state index contributed by atoms with van der Waals surface area (Å²) in [6, 6.07) is -0.491. The van der Waals surface area contributed by atoms with Crippen LogP contribution in [0.15, 0.2) is 0 Å². The van der Waals surface area contributed by atoms with Crippen molar-refractivity contribution in [3.05, 3.63) is 0 Å². The van der Waals surface area contributed by atoms with Crippen LogP contribution < -0.4 is 5.32 Å². The molecule has 13 heavy (non-hydrogen) atoms. The first-order chi connectivity index (χ1) is 5.99. The number of rotatable bonds is 6. The minimum Gasteiger partial charge on any atom is -0.480 e. The molecule has 0 saturated carbocycles. The molecule has 2 unspecified atom stereocenters. The first-order valence-electron chi connectivity index (χ1n) is 4.58. The van der Waals surface area contributed by atoms with Crippen molar-refractivity contribution in [3.8, 4) is 0 Å². The average Bonchev–Trinajstić information content (AvgIpc) is 2.03. The van der Waals surface area contributed by atoms with Gasteiger partial charge in [0.15, 0.2) is 0 Å². The number of hydrogen-bond donors (Lipinski definition) is 3. The second-order valence-corrected chi connectivity index (χ2v) is 3.59. The lowest BCUT2D eigenvalue weighted by Crippen LogP contribution is -2.44. The summed E-state index contributed by atoms with van der Waals surface area (Å²) in [6.45, 7) is 5.70. The maximum Gasteiger partial charge on any atom is 0.320 e. The summed E-state index contributed by atoms with van der Waals surface area (Å²) in [7, 11) is 0. The van der Waals surface area contributed by atoms with Gasteiger partial charge in [-0.1, -0.05) is 13.8 Å². The van der Waals surface area contributed by atoms with Crippen LogP contribution in [-0.4, -0.2) is 34.9 Å². The van der Waals surface area contributed by atoms with Gasteiger partial charge in [0.25, 0.3) is 0 Å². The molecule has 0 spiro atoms. The summed E-state index contributed by atoms with van der Waals surface area (Å²) in [5.74, 6) is -0.530. The Labute approximate surface area is 79.0 Å². The van der Waals surface area contributed by atoms with Gasteiger partial charge in [-0.3, -0.25) is 4.79 Å². The molecule has 4 heteroatoms. The van der Waals surface area contributed by atoms with Crippen molar-refractivity contribution in [1.29, 1.82) is 0 Å². The van der Waals surface area contributed by atoms with Crippen LogP contribution in [0.3, 0.4) is 0 Å². The van der Waals surface area contributed by atoms with Crippen LogP contribution in [0.4, 0.5) is 0 Å². The molecule has 0 saturated heterocycles. The maximum absolute atomic E-state index is 10.5. The van der Waals surface area contributed by atoms with Crippen molar-refractivity contribution in [2.24, 2.45) is 5.92 Å². The first kappa shape index (κ1) is 12.4. The number of aliphatic hydroxyl groups excluding tert-OH is 1. The van der Waals surface area contributed by atoms with Crippen LogP contribution in [0.5, 0.6) is 0 Å². The maximum atomic E-state index is 10.5. The van der Waals surface area contributed by atoms with E-state index in [0.717, 1.165) is 0 Å². The highest BCUT2D eigenvalue weighted by atomic mass is 16.4. The molecule has 0 aliphatic heterocycles. The molecule has 4 nitrogen and oxygen atoms in total. The standard InChI is InChI=1S/C9H19NO3/c1-6(2)8(4-5-11)10-7(3)9(12)13/h6-8,10-11H,4-5H2,1-3H3,(H,12,13). The Balaban J connectivity index is 4.01. The van der Waals surface area contributed by atoms with Crippen molar-refractivity contribution < 1.29 is 15.0 Å². The van der Waals surface area contributed by atoms with Gasteiger partial charge < -0.3 is 15.5 Å². The predicted octanol–water partition coefficient (Wildman–Crippen LogP) is 0.456. The third kappa shape index (κ3) is 4.85. The largest absolute Gasteiger partial charge is 0.480 e. The number of carboxylic acid groups (broad SMARTS) is 1. The lowest BCUT2D eigenvalue weighted by atomic mass is 10.0. The summed E-state index contributed by atoms with van der Waals surface area (Å²) < 4.78 is 0. The van der Waals surface area contributed by atoms with Gasteiger partial charge in [-0.15, -0.1) is 0 Å². The molecular formula is C9H19NO3. The summed E-state index contributed by atoms with van der Waals surface area (Å²) >= 11 is 0. The minimum atomic E-state index is -0.858. The van der Waals surface area contributed by atoms with Gasteiger partial charge >= 0.3 is 5.97 Å². The molecule has 0 bridgehead atoms. The van der Waals surface area contributed by atoms with Crippen LogP contribution >= 0.6 is 0 Å². The fourth-order valence-electron chi connectivity index (χ4n) is 1.14. The summed E-state index contributed by atoms with van der Waals surface area (Å²) in [4.78, 5) is 10.5. The molecule has 0 rings (SSSR count). The van der Waals surface area contributed by atoms with E-state index in [4.69, 9.17) is 10.2 Å². The molecule has 0 heterocycles. The zero-order valence-corrected chi connectivity index (χ0v) is 8.45. The van der Waals surface area contributed by atoms with Gasteiger partial charge in [-0.05, 0) is 19.3 Å². The normalized spacial score (nSPS) is 15.8. The number of hydrogen-bond acceptors (Lipinski definition) is 3. The van der Waals surface area contributed by atoms with Crippen LogP contribution in [0.1, 0.15) is 27.2 Å². The number of carbonyl (C=O) groups is 1. The fraction of sp³-hybridized carbons (Fsp3) is 0.889. The zero-order valence-electron chi connectivity index (χ0n) is 8.45. The predicted molar refractivity (Wildman–Crippen MR) is 50.6 cm³/mol. The molecular weight excluding hydrogens is 170 g/mol. The van der Waals surface area contributed by atoms with Gasteiger partial charge in [0, 0.05) is 12.6 Å². The van der Waals surface area contributed by atoms with Gasteiger partial charge in [0.1, 0.15) is 6.04 Å². The first-order valence-corrected chi connectivity index (χ1v) is 4.58. The highest BCUT2D eigenvalue weighted by Crippen LogP contribution is 2.06. The summed E-state index contributed by atoms with van der Waals surface area (Å²) in [5, 5.41) is 20.4. The summed E-state index contributed by atoms with van der Waals surface area (Å²) in [5.41, 5.74) is 0. The van der Waals surface area contributed by atoms with Crippen molar-refractivity contribution >= 4 is 5.97 Å². The Morgan fingerprint density at radius 2 is 1.92 bits per heavy atom. The lowest BCUT2D eigenvalue weighted by Gasteiger charge is -2.23. The minimum absolute atomic E-state index is 0.0658. The monoisotopic (exact) mass is 189 g/mol. The number of carboxylic acids is 1. The van der Waals surface area contributed by atoms with Crippen LogP contribution in [0.2, 0.25) is 0 Å². The Kier molecular flexibility index (Phi) is 5.66. The van der Waals surface area contributed by atoms with Gasteiger partial charge in [-0.2, -0.15) is 0 Å². The van der Waals surface area contributed by atoms with E-state index in [1.165, 1.54) is 0 Å². The van der Waals surface area contributed by atoms with Crippen LogP contribution in [-0.2, 0) is 4.79 Å². The SMILES string of the molecule is CC(NC(CCO)C(C)C)C(=O)O. The second kappa shape index (κ2) is 5.94. The van der Waals surface area contributed by atoms with Crippen molar-refractivity contribution in [2.45, 2.75) is 39.3 Å². The van der Waals surface area contributed by atoms with E-state index in [1.54, 1.807) is 6.92 Å². The Morgan fingerprint density at radius 1 is 1.38 bits per heavy atom. The third-order valence-corrected chi connectivity index (χ3v) is 2.08. The van der Waals surface area contributed by atoms with E-state index in [2.05, 4.69) is 5.32 Å². The smallest absolute Gasteiger partial charge is 0.320 e. The molecule has 78 valence electrons. The van der Waals surface area contributed by atoms with E-state index in [-0.39, 0.29) is 12.6 Å². The topological polar surface area (TPSA) is 69.6 Å². The van der Waals surface area contributed by atoms with Gasteiger partial charge in [-0.25, -0.2) is 0 Å². The Morgan fingerprint density at radius 3 is 2.23 bits per heavy atom. The quantitative estimate of drug-likeness (QED) is 0.567. The Bertz CT molecular complexity index is 159. The van der Waals surface area contributed by atoms with Gasteiger partial charge in [0.2, 0.25) is 0 Å². The van der Waals surface area contributed by atoms with Crippen molar-refractivity contribution in [1.82, 2.24) is 5.32 Å². The molecule has 0 aliphatic carbocycles. The zero-order chi connectivity index (χ0) is 10.4. The molecule has 0 aromatic heterocycles. The summed E-state index contributed by atoms with van der Waals surface area (Å²) in [6.07, 6.45) is 0.593. The van der Waals surface area contributed by atoms with Crippen molar-refractivity contribution in [2.75, 3.05) is 6.61 Å². The molecule has 0 fully saturated rings. The third-order valence-electron chi connectivity index (χ3n) is 2.08. The van der Waals surface area contributed by atoms with E-state index in [1.807, 2.05) is 13.8 Å². The van der Waals surface area contributed by atoms with E-state index in [9.17, 15) is 4.79 Å². The average molecular weight is 189 g/mol. The molecule has 0 radical (unpaired) electrons. The molecule has 3 N–H and O–H groups in total. The molecule has 0 aromatic carbocycles. The van der Waals surface area contributed by atoms with E-state index < -0.39 is 12.0 Å². The second-order valence-electron chi connectivity index (χ2n) is 3.59. The van der Waals surface area contributed by atoms with E-state index in [0.29, 0.717) is 12.3 Å². The molecule has 2 atom stereocenters.